The number of benzene rings is 2. The van der Waals surface area contributed by atoms with Crippen molar-refractivity contribution in [3.05, 3.63) is 54.2 Å². The molecule has 8 heteroatoms. The first-order chi connectivity index (χ1) is 12.7. The molecule has 0 unspecified atom stereocenters. The van der Waals surface area contributed by atoms with E-state index < -0.39 is 0 Å². The molecule has 26 heavy (non-hydrogen) atoms. The van der Waals surface area contributed by atoms with Crippen LogP contribution >= 0.6 is 23.1 Å². The Morgan fingerprint density at radius 3 is 2.65 bits per heavy atom. The first-order valence-corrected chi connectivity index (χ1v) is 9.51. The van der Waals surface area contributed by atoms with Crippen molar-refractivity contribution >= 4 is 44.7 Å². The van der Waals surface area contributed by atoms with E-state index in [1.807, 2.05) is 43.3 Å². The van der Waals surface area contributed by atoms with Crippen LogP contribution in [0.1, 0.15) is 5.69 Å². The fourth-order valence-corrected chi connectivity index (χ4v) is 4.25. The summed E-state index contributed by atoms with van der Waals surface area (Å²) in [6, 6.07) is 15.8. The molecule has 4 rings (SSSR count). The number of nitrogens with zero attached hydrogens (tertiary/aromatic N) is 4. The quantitative estimate of drug-likeness (QED) is 0.537. The van der Waals surface area contributed by atoms with Gasteiger partial charge in [0.1, 0.15) is 10.8 Å². The number of hydrogen-bond acceptors (Lipinski definition) is 8. The third kappa shape index (κ3) is 3.47. The van der Waals surface area contributed by atoms with Gasteiger partial charge in [0.15, 0.2) is 4.34 Å². The van der Waals surface area contributed by atoms with Gasteiger partial charge in [-0.15, -0.1) is 15.3 Å². The summed E-state index contributed by atoms with van der Waals surface area (Å²) >= 11 is 2.94. The van der Waals surface area contributed by atoms with E-state index in [2.05, 4.69) is 37.8 Å². The van der Waals surface area contributed by atoms with E-state index in [0.717, 1.165) is 37.3 Å². The molecule has 2 heterocycles. The minimum Gasteiger partial charge on any atom is -0.497 e. The van der Waals surface area contributed by atoms with Crippen LogP contribution in [-0.4, -0.2) is 27.5 Å². The maximum Gasteiger partial charge on any atom is 0.210 e. The maximum absolute atomic E-state index is 5.24. The highest BCUT2D eigenvalue weighted by Gasteiger charge is 2.12. The van der Waals surface area contributed by atoms with E-state index in [4.69, 9.17) is 4.74 Å². The SMILES string of the molecule is COc1cccc(Nc2nnc(Sc3nnc(C)c4ccccc34)s2)c1. The van der Waals surface area contributed by atoms with E-state index in [9.17, 15) is 0 Å². The molecule has 0 atom stereocenters. The van der Waals surface area contributed by atoms with Crippen LogP contribution in [0.15, 0.2) is 57.9 Å². The fraction of sp³-hybridized carbons (Fsp3) is 0.111. The normalized spacial score (nSPS) is 10.8. The molecule has 2 aromatic carbocycles. The molecule has 4 aromatic rings. The molecule has 130 valence electrons. The Balaban J connectivity index is 1.56. The Kier molecular flexibility index (Phi) is 4.68. The molecule has 0 saturated heterocycles. The second-order valence-corrected chi connectivity index (χ2v) is 7.68. The van der Waals surface area contributed by atoms with Crippen molar-refractivity contribution in [3.63, 3.8) is 0 Å². The minimum absolute atomic E-state index is 0.713. The van der Waals surface area contributed by atoms with Gasteiger partial charge in [-0.05, 0) is 30.8 Å². The molecule has 1 N–H and O–H groups in total. The summed E-state index contributed by atoms with van der Waals surface area (Å²) < 4.78 is 6.04. The van der Waals surface area contributed by atoms with Gasteiger partial charge in [0.05, 0.1) is 12.8 Å². The summed E-state index contributed by atoms with van der Waals surface area (Å²) in [6.45, 7) is 1.96. The number of ether oxygens (including phenoxy) is 1. The van der Waals surface area contributed by atoms with E-state index in [-0.39, 0.29) is 0 Å². The number of aromatic nitrogens is 4. The maximum atomic E-state index is 5.24. The lowest BCUT2D eigenvalue weighted by Gasteiger charge is -2.04. The average molecular weight is 381 g/mol. The Hall–Kier alpha value is -2.71. The number of nitrogens with one attached hydrogen (secondary N) is 1. The third-order valence-corrected chi connectivity index (χ3v) is 5.63. The highest BCUT2D eigenvalue weighted by molar-refractivity contribution is 8.01. The smallest absolute Gasteiger partial charge is 0.210 e. The Morgan fingerprint density at radius 2 is 1.81 bits per heavy atom. The number of hydrogen-bond donors (Lipinski definition) is 1. The molecule has 0 aliphatic rings. The summed E-state index contributed by atoms with van der Waals surface area (Å²) in [6.07, 6.45) is 0. The van der Waals surface area contributed by atoms with E-state index in [1.165, 1.54) is 23.1 Å². The van der Waals surface area contributed by atoms with Gasteiger partial charge < -0.3 is 10.1 Å². The van der Waals surface area contributed by atoms with Gasteiger partial charge in [-0.3, -0.25) is 0 Å². The molecule has 0 radical (unpaired) electrons. The zero-order valence-electron chi connectivity index (χ0n) is 14.1. The molecule has 0 amide bonds. The third-order valence-electron chi connectivity index (χ3n) is 3.75. The lowest BCUT2D eigenvalue weighted by Crippen LogP contribution is -1.92. The zero-order valence-corrected chi connectivity index (χ0v) is 15.8. The van der Waals surface area contributed by atoms with Crippen LogP contribution in [0.25, 0.3) is 10.8 Å². The highest BCUT2D eigenvalue weighted by atomic mass is 32.2. The Labute approximate surface area is 158 Å². The van der Waals surface area contributed by atoms with Crippen LogP contribution in [0.3, 0.4) is 0 Å². The first kappa shape index (κ1) is 16.7. The molecular weight excluding hydrogens is 366 g/mol. The van der Waals surface area contributed by atoms with Gasteiger partial charge in [-0.1, -0.05) is 41.7 Å². The van der Waals surface area contributed by atoms with E-state index >= 15 is 0 Å². The van der Waals surface area contributed by atoms with Gasteiger partial charge in [-0.25, -0.2) is 0 Å². The largest absolute Gasteiger partial charge is 0.497 e. The van der Waals surface area contributed by atoms with Crippen LogP contribution in [0.2, 0.25) is 0 Å². The van der Waals surface area contributed by atoms with E-state index in [0.29, 0.717) is 5.13 Å². The lowest BCUT2D eigenvalue weighted by molar-refractivity contribution is 0.415. The van der Waals surface area contributed by atoms with Crippen molar-refractivity contribution in [3.8, 4) is 5.75 Å². The Morgan fingerprint density at radius 1 is 0.962 bits per heavy atom. The van der Waals surface area contributed by atoms with Crippen LogP contribution in [-0.2, 0) is 0 Å². The van der Waals surface area contributed by atoms with Crippen molar-refractivity contribution in [2.75, 3.05) is 12.4 Å². The molecule has 2 aromatic heterocycles. The van der Waals surface area contributed by atoms with Gasteiger partial charge >= 0.3 is 0 Å². The van der Waals surface area contributed by atoms with Gasteiger partial charge in [0.2, 0.25) is 5.13 Å². The topological polar surface area (TPSA) is 72.8 Å². The molecule has 0 aliphatic heterocycles. The minimum atomic E-state index is 0.713. The van der Waals surface area contributed by atoms with E-state index in [1.54, 1.807) is 7.11 Å². The molecule has 0 saturated carbocycles. The zero-order chi connectivity index (χ0) is 17.9. The van der Waals surface area contributed by atoms with Crippen molar-refractivity contribution in [2.45, 2.75) is 16.3 Å². The van der Waals surface area contributed by atoms with Gasteiger partial charge in [-0.2, -0.15) is 5.10 Å². The number of anilines is 2. The van der Waals surface area contributed by atoms with Crippen LogP contribution in [0.4, 0.5) is 10.8 Å². The molecule has 0 fully saturated rings. The van der Waals surface area contributed by atoms with Crippen molar-refractivity contribution in [1.29, 1.82) is 0 Å². The van der Waals surface area contributed by atoms with Crippen LogP contribution < -0.4 is 10.1 Å². The van der Waals surface area contributed by atoms with Crippen LogP contribution in [0.5, 0.6) is 5.75 Å². The number of rotatable bonds is 5. The summed E-state index contributed by atoms with van der Waals surface area (Å²) in [5, 5.41) is 24.0. The highest BCUT2D eigenvalue weighted by Crippen LogP contribution is 2.35. The number of aryl methyl sites for hydroxylation is 1. The van der Waals surface area contributed by atoms with Gasteiger partial charge in [0.25, 0.3) is 0 Å². The van der Waals surface area contributed by atoms with Crippen molar-refractivity contribution in [1.82, 2.24) is 20.4 Å². The number of fused-ring (bicyclic) bond motifs is 1. The predicted molar refractivity (Wildman–Crippen MR) is 105 cm³/mol. The molecule has 0 spiro atoms. The predicted octanol–water partition coefficient (Wildman–Crippen LogP) is 4.69. The summed E-state index contributed by atoms with van der Waals surface area (Å²) in [7, 11) is 1.64. The molecular formula is C18H15N5OS2. The van der Waals surface area contributed by atoms with Crippen molar-refractivity contribution < 1.29 is 4.74 Å². The first-order valence-electron chi connectivity index (χ1n) is 7.87. The van der Waals surface area contributed by atoms with Crippen LogP contribution in [0, 0.1) is 6.92 Å². The summed E-state index contributed by atoms with van der Waals surface area (Å²) in [5.41, 5.74) is 1.82. The number of methoxy groups -OCH3 is 1. The Bertz CT molecular complexity index is 1070. The second-order valence-electron chi connectivity index (χ2n) is 5.47. The van der Waals surface area contributed by atoms with Gasteiger partial charge in [0, 0.05) is 22.5 Å². The van der Waals surface area contributed by atoms with Crippen molar-refractivity contribution in [2.24, 2.45) is 0 Å². The second kappa shape index (κ2) is 7.27. The monoisotopic (exact) mass is 381 g/mol. The lowest BCUT2D eigenvalue weighted by atomic mass is 10.1. The molecule has 0 aliphatic carbocycles. The average Bonchev–Trinajstić information content (AvgIpc) is 3.11. The summed E-state index contributed by atoms with van der Waals surface area (Å²) in [5.74, 6) is 0.788. The molecule has 0 bridgehead atoms. The standard InChI is InChI=1S/C18H15N5OS2/c1-11-14-8-3-4-9-15(14)16(21-20-11)25-18-23-22-17(26-18)19-12-6-5-7-13(10-12)24-2/h3-10H,1-2H3,(H,19,22). The molecule has 6 nitrogen and oxygen atoms in total. The fourth-order valence-electron chi connectivity index (χ4n) is 2.50. The summed E-state index contributed by atoms with van der Waals surface area (Å²) in [4.78, 5) is 0.